The number of carboxylic acids is 1. The van der Waals surface area contributed by atoms with E-state index < -0.39 is 17.3 Å². The predicted molar refractivity (Wildman–Crippen MR) is 51.7 cm³/mol. The van der Waals surface area contributed by atoms with Crippen molar-refractivity contribution in [2.75, 3.05) is 11.1 Å². The summed E-state index contributed by atoms with van der Waals surface area (Å²) in [4.78, 5) is 17.7. The summed E-state index contributed by atoms with van der Waals surface area (Å²) in [6, 6.07) is 0. The molecular formula is C8H11FN4O2. The maximum absolute atomic E-state index is 13.1. The lowest BCUT2D eigenvalue weighted by Gasteiger charge is -2.21. The van der Waals surface area contributed by atoms with E-state index in [-0.39, 0.29) is 11.8 Å². The molecule has 0 atom stereocenters. The van der Waals surface area contributed by atoms with E-state index in [2.05, 4.69) is 15.3 Å². The van der Waals surface area contributed by atoms with Crippen LogP contribution in [0.4, 0.5) is 16.2 Å². The van der Waals surface area contributed by atoms with E-state index in [4.69, 9.17) is 10.8 Å². The van der Waals surface area contributed by atoms with E-state index in [1.165, 1.54) is 13.8 Å². The summed E-state index contributed by atoms with van der Waals surface area (Å²) in [6.45, 7) is 2.76. The predicted octanol–water partition coefficient (Wildman–Crippen LogP) is 0.473. The second-order valence-electron chi connectivity index (χ2n) is 3.48. The van der Waals surface area contributed by atoms with Gasteiger partial charge < -0.3 is 16.2 Å². The van der Waals surface area contributed by atoms with Gasteiger partial charge in [-0.2, -0.15) is 4.98 Å². The van der Waals surface area contributed by atoms with Crippen molar-refractivity contribution in [1.82, 2.24) is 9.97 Å². The second-order valence-corrected chi connectivity index (χ2v) is 3.48. The third-order valence-corrected chi connectivity index (χ3v) is 1.73. The van der Waals surface area contributed by atoms with Crippen LogP contribution in [0.1, 0.15) is 13.8 Å². The van der Waals surface area contributed by atoms with Crippen LogP contribution in [0.5, 0.6) is 0 Å². The molecule has 0 bridgehead atoms. The van der Waals surface area contributed by atoms with Crippen LogP contribution in [0.3, 0.4) is 0 Å². The number of aliphatic carboxylic acids is 1. The van der Waals surface area contributed by atoms with Gasteiger partial charge in [0, 0.05) is 0 Å². The van der Waals surface area contributed by atoms with E-state index in [1.54, 1.807) is 0 Å². The number of rotatable bonds is 3. The van der Waals surface area contributed by atoms with E-state index in [0.717, 1.165) is 6.20 Å². The van der Waals surface area contributed by atoms with Crippen molar-refractivity contribution < 1.29 is 14.3 Å². The number of carboxylic acid groups (broad SMARTS) is 1. The highest BCUT2D eigenvalue weighted by Crippen LogP contribution is 2.16. The Morgan fingerprint density at radius 2 is 2.27 bits per heavy atom. The number of carbonyl (C=O) groups is 1. The molecule has 0 spiro atoms. The number of nitrogen functional groups attached to an aromatic ring is 1. The zero-order chi connectivity index (χ0) is 11.6. The SMILES string of the molecule is CC(C)(Nc1nc(N)ncc1F)C(=O)O. The molecule has 6 nitrogen and oxygen atoms in total. The van der Waals surface area contributed by atoms with Gasteiger partial charge in [0.05, 0.1) is 6.20 Å². The first-order valence-electron chi connectivity index (χ1n) is 4.12. The summed E-state index contributed by atoms with van der Waals surface area (Å²) < 4.78 is 13.1. The minimum atomic E-state index is -1.33. The minimum absolute atomic E-state index is 0.125. The first kappa shape index (κ1) is 11.2. The summed E-state index contributed by atoms with van der Waals surface area (Å²) in [6.07, 6.45) is 0.878. The molecule has 1 heterocycles. The van der Waals surface area contributed by atoms with Gasteiger partial charge in [-0.25, -0.2) is 14.2 Å². The van der Waals surface area contributed by atoms with Crippen molar-refractivity contribution >= 4 is 17.7 Å². The third-order valence-electron chi connectivity index (χ3n) is 1.73. The molecule has 0 unspecified atom stereocenters. The van der Waals surface area contributed by atoms with Gasteiger partial charge in [0.15, 0.2) is 11.6 Å². The molecule has 1 rings (SSSR count). The summed E-state index contributed by atoms with van der Waals surface area (Å²) in [5.74, 6) is -2.23. The Kier molecular flexibility index (Phi) is 2.74. The monoisotopic (exact) mass is 214 g/mol. The van der Waals surface area contributed by atoms with Crippen molar-refractivity contribution in [2.45, 2.75) is 19.4 Å². The van der Waals surface area contributed by atoms with Crippen LogP contribution in [0, 0.1) is 5.82 Å². The zero-order valence-corrected chi connectivity index (χ0v) is 8.28. The summed E-state index contributed by atoms with van der Waals surface area (Å²) in [5, 5.41) is 11.2. The Labute approximate surface area is 85.3 Å². The molecule has 7 heteroatoms. The van der Waals surface area contributed by atoms with Crippen LogP contribution < -0.4 is 11.1 Å². The number of aromatic nitrogens is 2. The van der Waals surface area contributed by atoms with Crippen molar-refractivity contribution in [1.29, 1.82) is 0 Å². The molecule has 0 aliphatic heterocycles. The van der Waals surface area contributed by atoms with Gasteiger partial charge in [-0.1, -0.05) is 0 Å². The van der Waals surface area contributed by atoms with Crippen LogP contribution in [-0.2, 0) is 4.79 Å². The van der Waals surface area contributed by atoms with Gasteiger partial charge in [-0.15, -0.1) is 0 Å². The fourth-order valence-corrected chi connectivity index (χ4v) is 0.818. The fourth-order valence-electron chi connectivity index (χ4n) is 0.818. The molecule has 1 aromatic rings. The average molecular weight is 214 g/mol. The molecule has 0 saturated carbocycles. The normalized spacial score (nSPS) is 11.1. The molecule has 0 aliphatic carbocycles. The Morgan fingerprint density at radius 1 is 1.67 bits per heavy atom. The molecule has 82 valence electrons. The van der Waals surface area contributed by atoms with E-state index in [1.807, 2.05) is 0 Å². The molecule has 1 aromatic heterocycles. The van der Waals surface area contributed by atoms with Gasteiger partial charge in [0.1, 0.15) is 5.54 Å². The Hall–Kier alpha value is -1.92. The average Bonchev–Trinajstić information content (AvgIpc) is 2.10. The second kappa shape index (κ2) is 3.68. The maximum Gasteiger partial charge on any atom is 0.328 e. The number of nitrogens with zero attached hydrogens (tertiary/aromatic N) is 2. The third kappa shape index (κ3) is 2.52. The molecule has 0 aromatic carbocycles. The number of nitrogens with two attached hydrogens (primary N) is 1. The topological polar surface area (TPSA) is 101 Å². The number of anilines is 2. The largest absolute Gasteiger partial charge is 0.480 e. The Bertz CT molecular complexity index is 394. The van der Waals surface area contributed by atoms with Crippen LogP contribution in [0.15, 0.2) is 6.20 Å². The molecule has 0 fully saturated rings. The van der Waals surface area contributed by atoms with Gasteiger partial charge in [-0.3, -0.25) is 0 Å². The molecular weight excluding hydrogens is 203 g/mol. The number of nitrogens with one attached hydrogen (secondary N) is 1. The smallest absolute Gasteiger partial charge is 0.328 e. The highest BCUT2D eigenvalue weighted by molar-refractivity contribution is 5.81. The van der Waals surface area contributed by atoms with Gasteiger partial charge in [0.2, 0.25) is 5.95 Å². The lowest BCUT2D eigenvalue weighted by atomic mass is 10.1. The standard InChI is InChI=1S/C8H11FN4O2/c1-8(2,6(14)15)13-5-4(9)3-11-7(10)12-5/h3H,1-2H3,(H,14,15)(H3,10,11,12,13). The van der Waals surface area contributed by atoms with E-state index in [9.17, 15) is 9.18 Å². The molecule has 4 N–H and O–H groups in total. The minimum Gasteiger partial charge on any atom is -0.480 e. The number of hydrogen-bond acceptors (Lipinski definition) is 5. The van der Waals surface area contributed by atoms with Crippen molar-refractivity contribution in [3.63, 3.8) is 0 Å². The summed E-state index contributed by atoms with van der Waals surface area (Å²) in [7, 11) is 0. The first-order chi connectivity index (χ1) is 6.83. The molecule has 0 saturated heterocycles. The van der Waals surface area contributed by atoms with Crippen LogP contribution >= 0.6 is 0 Å². The number of hydrogen-bond donors (Lipinski definition) is 3. The van der Waals surface area contributed by atoms with Crippen LogP contribution in [0.2, 0.25) is 0 Å². The van der Waals surface area contributed by atoms with Crippen LogP contribution in [-0.4, -0.2) is 26.6 Å². The summed E-state index contributed by atoms with van der Waals surface area (Å²) >= 11 is 0. The van der Waals surface area contributed by atoms with Gasteiger partial charge in [0.25, 0.3) is 0 Å². The van der Waals surface area contributed by atoms with Gasteiger partial charge in [-0.05, 0) is 13.8 Å². The number of halogens is 1. The van der Waals surface area contributed by atoms with Gasteiger partial charge >= 0.3 is 5.97 Å². The molecule has 0 aliphatic rings. The Morgan fingerprint density at radius 3 is 2.80 bits per heavy atom. The first-order valence-corrected chi connectivity index (χ1v) is 4.12. The molecule has 0 radical (unpaired) electrons. The highest BCUT2D eigenvalue weighted by Gasteiger charge is 2.28. The molecule has 15 heavy (non-hydrogen) atoms. The highest BCUT2D eigenvalue weighted by atomic mass is 19.1. The van der Waals surface area contributed by atoms with Crippen molar-refractivity contribution in [3.8, 4) is 0 Å². The Balaban J connectivity index is 2.99. The lowest BCUT2D eigenvalue weighted by Crippen LogP contribution is -2.40. The van der Waals surface area contributed by atoms with E-state index >= 15 is 0 Å². The lowest BCUT2D eigenvalue weighted by molar-refractivity contribution is -0.141. The van der Waals surface area contributed by atoms with Crippen molar-refractivity contribution in [2.24, 2.45) is 0 Å². The van der Waals surface area contributed by atoms with E-state index in [0.29, 0.717) is 0 Å². The molecule has 0 amide bonds. The summed E-state index contributed by atoms with van der Waals surface area (Å²) in [5.41, 5.74) is 3.91. The van der Waals surface area contributed by atoms with Crippen molar-refractivity contribution in [3.05, 3.63) is 12.0 Å². The fraction of sp³-hybridized carbons (Fsp3) is 0.375. The van der Waals surface area contributed by atoms with Crippen LogP contribution in [0.25, 0.3) is 0 Å². The zero-order valence-electron chi connectivity index (χ0n) is 8.28. The quantitative estimate of drug-likeness (QED) is 0.676. The maximum atomic E-state index is 13.1.